The Balaban J connectivity index is 2.93. The molecule has 0 heterocycles. The molecule has 19 heavy (non-hydrogen) atoms. The molecular weight excluding hydrogens is 268 g/mol. The van der Waals surface area contributed by atoms with Crippen LogP contribution >= 0.6 is 0 Å². The minimum absolute atomic E-state index is 0.347. The van der Waals surface area contributed by atoms with Gasteiger partial charge < -0.3 is 18.8 Å². The van der Waals surface area contributed by atoms with Crippen molar-refractivity contribution in [2.24, 2.45) is 0 Å². The molecule has 6 heteroatoms. The van der Waals surface area contributed by atoms with E-state index >= 15 is 0 Å². The lowest BCUT2D eigenvalue weighted by Crippen LogP contribution is -2.03. The van der Waals surface area contributed by atoms with Crippen molar-refractivity contribution >= 4 is 11.1 Å². The molecule has 5 nitrogen and oxygen atoms in total. The summed E-state index contributed by atoms with van der Waals surface area (Å²) in [5.74, 6) is 0.347. The minimum atomic E-state index is -1.66. The van der Waals surface area contributed by atoms with Crippen LogP contribution in [0.3, 0.4) is 0 Å². The fourth-order valence-corrected chi connectivity index (χ4v) is 1.94. The topological polar surface area (TPSA) is 65.0 Å². The third-order valence-corrected chi connectivity index (χ3v) is 3.21. The van der Waals surface area contributed by atoms with Gasteiger partial charge in [-0.25, -0.2) is 4.21 Å². The van der Waals surface area contributed by atoms with Gasteiger partial charge in [-0.1, -0.05) is 0 Å². The predicted molar refractivity (Wildman–Crippen MR) is 76.9 cm³/mol. The SMILES string of the molecule is COCCCCOCCCCOCCCCS(=O)O. The molecule has 1 N–H and O–H groups in total. The lowest BCUT2D eigenvalue weighted by atomic mass is 10.3. The normalized spacial score (nSPS) is 12.7. The Labute approximate surface area is 119 Å². The van der Waals surface area contributed by atoms with E-state index in [4.69, 9.17) is 18.8 Å². The molecule has 0 amide bonds. The van der Waals surface area contributed by atoms with Crippen LogP contribution in [0.25, 0.3) is 0 Å². The summed E-state index contributed by atoms with van der Waals surface area (Å²) in [6.45, 7) is 3.83. The average molecular weight is 296 g/mol. The second-order valence-corrected chi connectivity index (χ2v) is 5.42. The summed E-state index contributed by atoms with van der Waals surface area (Å²) in [4.78, 5) is 0. The van der Waals surface area contributed by atoms with Crippen molar-refractivity contribution in [2.75, 3.05) is 45.9 Å². The molecule has 0 saturated carbocycles. The molecule has 0 aliphatic carbocycles. The van der Waals surface area contributed by atoms with Gasteiger partial charge in [0.05, 0.1) is 0 Å². The number of rotatable bonds is 15. The first-order valence-electron chi connectivity index (χ1n) is 6.99. The first-order chi connectivity index (χ1) is 9.27. The molecule has 0 bridgehead atoms. The van der Waals surface area contributed by atoms with Crippen LogP contribution in [0, 0.1) is 0 Å². The van der Waals surface area contributed by atoms with E-state index in [0.717, 1.165) is 65.0 Å². The van der Waals surface area contributed by atoms with Crippen molar-refractivity contribution < 1.29 is 23.0 Å². The van der Waals surface area contributed by atoms with E-state index in [0.29, 0.717) is 12.4 Å². The van der Waals surface area contributed by atoms with E-state index in [1.165, 1.54) is 0 Å². The number of methoxy groups -OCH3 is 1. The van der Waals surface area contributed by atoms with E-state index in [1.807, 2.05) is 0 Å². The van der Waals surface area contributed by atoms with Crippen LogP contribution < -0.4 is 0 Å². The van der Waals surface area contributed by atoms with Crippen LogP contribution in [-0.2, 0) is 25.3 Å². The van der Waals surface area contributed by atoms with Gasteiger partial charge in [-0.2, -0.15) is 0 Å². The molecule has 1 unspecified atom stereocenters. The molecule has 0 rings (SSSR count). The van der Waals surface area contributed by atoms with E-state index in [-0.39, 0.29) is 0 Å². The summed E-state index contributed by atoms with van der Waals surface area (Å²) in [7, 11) is 1.71. The zero-order valence-corrected chi connectivity index (χ0v) is 12.8. The Morgan fingerprint density at radius 3 is 1.63 bits per heavy atom. The monoisotopic (exact) mass is 296 g/mol. The van der Waals surface area contributed by atoms with Crippen LogP contribution in [0.15, 0.2) is 0 Å². The highest BCUT2D eigenvalue weighted by Gasteiger charge is 1.95. The van der Waals surface area contributed by atoms with Gasteiger partial charge in [-0.15, -0.1) is 0 Å². The molecule has 1 atom stereocenters. The van der Waals surface area contributed by atoms with Gasteiger partial charge in [-0.3, -0.25) is 0 Å². The maximum absolute atomic E-state index is 10.4. The Hall–Kier alpha value is -0.0100. The van der Waals surface area contributed by atoms with Crippen LogP contribution in [0.4, 0.5) is 0 Å². The van der Waals surface area contributed by atoms with Crippen LogP contribution in [0.2, 0.25) is 0 Å². The van der Waals surface area contributed by atoms with E-state index in [9.17, 15) is 4.21 Å². The smallest absolute Gasteiger partial charge is 0.152 e. The lowest BCUT2D eigenvalue weighted by molar-refractivity contribution is 0.0960. The lowest BCUT2D eigenvalue weighted by Gasteiger charge is -2.05. The molecule has 0 aromatic carbocycles. The standard InChI is InChI=1S/C13H28O5S/c1-16-8-2-3-9-17-10-4-5-11-18-12-6-7-13-19(14)15/h2-13H2,1H3,(H,14,15). The maximum atomic E-state index is 10.4. The predicted octanol–water partition coefficient (Wildman–Crippen LogP) is 2.23. The van der Waals surface area contributed by atoms with Crippen molar-refractivity contribution in [1.29, 1.82) is 0 Å². The van der Waals surface area contributed by atoms with Crippen molar-refractivity contribution in [1.82, 2.24) is 0 Å². The minimum Gasteiger partial charge on any atom is -0.385 e. The number of ether oxygens (including phenoxy) is 3. The molecule has 0 aromatic rings. The van der Waals surface area contributed by atoms with E-state index in [1.54, 1.807) is 7.11 Å². The average Bonchev–Trinajstić information content (AvgIpc) is 2.39. The summed E-state index contributed by atoms with van der Waals surface area (Å²) in [5.41, 5.74) is 0. The molecule has 0 aromatic heterocycles. The first-order valence-corrected chi connectivity index (χ1v) is 8.27. The van der Waals surface area contributed by atoms with Gasteiger partial charge >= 0.3 is 0 Å². The van der Waals surface area contributed by atoms with Crippen molar-refractivity contribution in [2.45, 2.75) is 38.5 Å². The third-order valence-electron chi connectivity index (χ3n) is 2.57. The zero-order chi connectivity index (χ0) is 14.2. The van der Waals surface area contributed by atoms with Crippen LogP contribution in [0.5, 0.6) is 0 Å². The van der Waals surface area contributed by atoms with Gasteiger partial charge in [0, 0.05) is 45.9 Å². The van der Waals surface area contributed by atoms with Gasteiger partial charge in [0.2, 0.25) is 0 Å². The molecule has 0 aliphatic heterocycles. The van der Waals surface area contributed by atoms with E-state index in [2.05, 4.69) is 0 Å². The Morgan fingerprint density at radius 1 is 0.789 bits per heavy atom. The Morgan fingerprint density at radius 2 is 1.21 bits per heavy atom. The number of hydrogen-bond acceptors (Lipinski definition) is 4. The number of unbranched alkanes of at least 4 members (excludes halogenated alkanes) is 3. The van der Waals surface area contributed by atoms with Crippen molar-refractivity contribution in [3.8, 4) is 0 Å². The first kappa shape index (κ1) is 19.0. The molecule has 0 fully saturated rings. The molecule has 0 spiro atoms. The largest absolute Gasteiger partial charge is 0.385 e. The third kappa shape index (κ3) is 18.0. The highest BCUT2D eigenvalue weighted by atomic mass is 32.2. The van der Waals surface area contributed by atoms with Crippen LogP contribution in [-0.4, -0.2) is 54.7 Å². The summed E-state index contributed by atoms with van der Waals surface area (Å²) < 4.78 is 34.8. The molecule has 0 radical (unpaired) electrons. The summed E-state index contributed by atoms with van der Waals surface area (Å²) >= 11 is -1.66. The number of hydrogen-bond donors (Lipinski definition) is 1. The Bertz CT molecular complexity index is 201. The zero-order valence-electron chi connectivity index (χ0n) is 12.0. The fourth-order valence-electron chi connectivity index (χ4n) is 1.49. The van der Waals surface area contributed by atoms with Crippen molar-refractivity contribution in [3.05, 3.63) is 0 Å². The highest BCUT2D eigenvalue weighted by molar-refractivity contribution is 7.79. The second kappa shape index (κ2) is 16.0. The molecular formula is C13H28O5S. The Kier molecular flexibility index (Phi) is 16.0. The van der Waals surface area contributed by atoms with Crippen molar-refractivity contribution in [3.63, 3.8) is 0 Å². The van der Waals surface area contributed by atoms with Gasteiger partial charge in [0.1, 0.15) is 0 Å². The summed E-state index contributed by atoms with van der Waals surface area (Å²) in [5, 5.41) is 0. The van der Waals surface area contributed by atoms with Crippen LogP contribution in [0.1, 0.15) is 38.5 Å². The second-order valence-electron chi connectivity index (χ2n) is 4.36. The highest BCUT2D eigenvalue weighted by Crippen LogP contribution is 1.97. The summed E-state index contributed by atoms with van der Waals surface area (Å²) in [6, 6.07) is 0. The fraction of sp³-hybridized carbons (Fsp3) is 1.00. The van der Waals surface area contributed by atoms with Gasteiger partial charge in [-0.05, 0) is 38.5 Å². The quantitative estimate of drug-likeness (QED) is 0.371. The molecule has 0 saturated heterocycles. The maximum Gasteiger partial charge on any atom is 0.152 e. The van der Waals surface area contributed by atoms with Gasteiger partial charge in [0.25, 0.3) is 0 Å². The summed E-state index contributed by atoms with van der Waals surface area (Å²) in [6.07, 6.45) is 5.72. The van der Waals surface area contributed by atoms with Gasteiger partial charge in [0.15, 0.2) is 11.1 Å². The van der Waals surface area contributed by atoms with E-state index < -0.39 is 11.1 Å². The molecule has 0 aliphatic rings. The molecule has 116 valence electrons.